The van der Waals surface area contributed by atoms with Crippen LogP contribution in [0, 0.1) is 6.57 Å². The largest absolute Gasteiger partial charge is 0.497 e. The molecule has 0 atom stereocenters. The maximum absolute atomic E-state index is 11.9. The number of methoxy groups -OCH3 is 1. The molecule has 176 valence electrons. The van der Waals surface area contributed by atoms with Crippen molar-refractivity contribution in [3.8, 4) is 27.7 Å². The molecule has 5 nitrogen and oxygen atoms in total. The zero-order chi connectivity index (χ0) is 25.0. The van der Waals surface area contributed by atoms with Gasteiger partial charge in [-0.15, -0.1) is 11.3 Å². The van der Waals surface area contributed by atoms with Crippen molar-refractivity contribution in [2.45, 2.75) is 26.4 Å². The van der Waals surface area contributed by atoms with E-state index in [9.17, 15) is 4.79 Å². The first-order valence-corrected chi connectivity index (χ1v) is 11.9. The predicted molar refractivity (Wildman–Crippen MR) is 141 cm³/mol. The molecule has 0 N–H and O–H groups in total. The molecule has 0 fully saturated rings. The second-order valence-corrected chi connectivity index (χ2v) is 9.84. The second-order valence-electron chi connectivity index (χ2n) is 8.79. The lowest BCUT2D eigenvalue weighted by atomic mass is 10.1. The lowest BCUT2D eigenvalue weighted by Crippen LogP contribution is -2.22. The highest BCUT2D eigenvalue weighted by Gasteiger charge is 2.19. The monoisotopic (exact) mass is 483 g/mol. The molecule has 0 saturated heterocycles. The van der Waals surface area contributed by atoms with Crippen LogP contribution in [-0.4, -0.2) is 18.7 Å². The standard InChI is InChI=1S/C29H25NO4S/c1-29(2,3)34-26(31)17-12-19-10-13-20(14-11-19)33-27-23-16-15-21(32-5)18-25(23)35-28(27)22-8-6-7-9-24(22)30-4/h6-18H,1-3,5H3/b17-12+. The lowest BCUT2D eigenvalue weighted by molar-refractivity contribution is -0.148. The molecule has 6 heteroatoms. The van der Waals surface area contributed by atoms with Crippen molar-refractivity contribution in [1.82, 2.24) is 0 Å². The Morgan fingerprint density at radius 2 is 1.71 bits per heavy atom. The summed E-state index contributed by atoms with van der Waals surface area (Å²) < 4.78 is 18.1. The normalized spacial score (nSPS) is 11.4. The number of ether oxygens (including phenoxy) is 3. The summed E-state index contributed by atoms with van der Waals surface area (Å²) in [5.74, 6) is 1.72. The molecule has 0 aliphatic rings. The molecular weight excluding hydrogens is 458 g/mol. The number of nitrogens with zero attached hydrogens (tertiary/aromatic N) is 1. The summed E-state index contributed by atoms with van der Waals surface area (Å²) in [5, 5.41) is 0.944. The van der Waals surface area contributed by atoms with Gasteiger partial charge >= 0.3 is 5.97 Å². The van der Waals surface area contributed by atoms with E-state index in [2.05, 4.69) is 4.85 Å². The summed E-state index contributed by atoms with van der Waals surface area (Å²) in [6.45, 7) is 13.1. The Hall–Kier alpha value is -4.08. The van der Waals surface area contributed by atoms with Crippen molar-refractivity contribution in [1.29, 1.82) is 0 Å². The summed E-state index contributed by atoms with van der Waals surface area (Å²) in [4.78, 5) is 16.5. The fourth-order valence-corrected chi connectivity index (χ4v) is 4.68. The van der Waals surface area contributed by atoms with Crippen LogP contribution in [0.2, 0.25) is 0 Å². The molecule has 0 unspecified atom stereocenters. The molecule has 0 amide bonds. The summed E-state index contributed by atoms with van der Waals surface area (Å²) in [5.41, 5.74) is 1.71. The third-order valence-electron chi connectivity index (χ3n) is 5.04. The van der Waals surface area contributed by atoms with Crippen LogP contribution < -0.4 is 9.47 Å². The van der Waals surface area contributed by atoms with Crippen LogP contribution >= 0.6 is 11.3 Å². The van der Waals surface area contributed by atoms with Gasteiger partial charge < -0.3 is 14.2 Å². The Labute approximate surface area is 209 Å². The van der Waals surface area contributed by atoms with Crippen LogP contribution in [0.1, 0.15) is 26.3 Å². The maximum Gasteiger partial charge on any atom is 0.331 e. The third kappa shape index (κ3) is 5.71. The average Bonchev–Trinajstić information content (AvgIpc) is 3.19. The Bertz CT molecular complexity index is 1440. The van der Waals surface area contributed by atoms with Gasteiger partial charge in [0, 0.05) is 21.7 Å². The molecule has 0 saturated carbocycles. The molecule has 4 aromatic rings. The summed E-state index contributed by atoms with van der Waals surface area (Å²) in [6.07, 6.45) is 3.13. The molecule has 0 spiro atoms. The Morgan fingerprint density at radius 3 is 2.40 bits per heavy atom. The van der Waals surface area contributed by atoms with Crippen LogP contribution in [-0.2, 0) is 9.53 Å². The molecule has 3 aromatic carbocycles. The van der Waals surface area contributed by atoms with E-state index in [0.29, 0.717) is 17.2 Å². The van der Waals surface area contributed by atoms with E-state index in [1.165, 1.54) is 6.08 Å². The summed E-state index contributed by atoms with van der Waals surface area (Å²) in [7, 11) is 1.64. The average molecular weight is 484 g/mol. The molecule has 0 aliphatic heterocycles. The first-order valence-electron chi connectivity index (χ1n) is 11.0. The van der Waals surface area contributed by atoms with Crippen molar-refractivity contribution in [3.05, 3.63) is 89.8 Å². The van der Waals surface area contributed by atoms with Crippen molar-refractivity contribution in [3.63, 3.8) is 0 Å². The van der Waals surface area contributed by atoms with Gasteiger partial charge in [-0.1, -0.05) is 36.4 Å². The van der Waals surface area contributed by atoms with Gasteiger partial charge in [-0.05, 0) is 62.7 Å². The summed E-state index contributed by atoms with van der Waals surface area (Å²) >= 11 is 1.56. The first-order chi connectivity index (χ1) is 16.8. The SMILES string of the molecule is [C-]#[N+]c1ccccc1-c1sc2cc(OC)ccc2c1Oc1ccc(/C=C/C(=O)OC(C)(C)C)cc1. The highest BCUT2D eigenvalue weighted by atomic mass is 32.1. The number of fused-ring (bicyclic) bond motifs is 1. The summed E-state index contributed by atoms with van der Waals surface area (Å²) in [6, 6.07) is 20.8. The number of carbonyl (C=O) groups excluding carboxylic acids is 1. The molecule has 1 aromatic heterocycles. The van der Waals surface area contributed by atoms with Crippen LogP contribution in [0.4, 0.5) is 5.69 Å². The van der Waals surface area contributed by atoms with E-state index < -0.39 is 5.60 Å². The molecule has 4 rings (SSSR count). The number of thiophene rings is 1. The Balaban J connectivity index is 1.67. The smallest absolute Gasteiger partial charge is 0.331 e. The molecule has 1 heterocycles. The quantitative estimate of drug-likeness (QED) is 0.157. The second kappa shape index (κ2) is 10.0. The zero-order valence-corrected chi connectivity index (χ0v) is 20.8. The van der Waals surface area contributed by atoms with Gasteiger partial charge in [0.05, 0.1) is 18.6 Å². The van der Waals surface area contributed by atoms with E-state index >= 15 is 0 Å². The lowest BCUT2D eigenvalue weighted by Gasteiger charge is -2.17. The van der Waals surface area contributed by atoms with Gasteiger partial charge in [0.2, 0.25) is 0 Å². The number of benzene rings is 3. The minimum absolute atomic E-state index is 0.388. The van der Waals surface area contributed by atoms with Crippen molar-refractivity contribution < 1.29 is 19.0 Å². The predicted octanol–water partition coefficient (Wildman–Crippen LogP) is 8.27. The Morgan fingerprint density at radius 1 is 1.00 bits per heavy atom. The van der Waals surface area contributed by atoms with E-state index in [4.69, 9.17) is 20.8 Å². The molecular formula is C29H25NO4S. The molecule has 0 radical (unpaired) electrons. The van der Waals surface area contributed by atoms with Crippen LogP contribution in [0.5, 0.6) is 17.2 Å². The topological polar surface area (TPSA) is 49.1 Å². The number of rotatable bonds is 6. The number of carbonyl (C=O) groups is 1. The Kier molecular flexibility index (Phi) is 6.90. The van der Waals surface area contributed by atoms with E-state index in [1.54, 1.807) is 24.5 Å². The van der Waals surface area contributed by atoms with Crippen molar-refractivity contribution in [2.75, 3.05) is 7.11 Å². The fraction of sp³-hybridized carbons (Fsp3) is 0.172. The van der Waals surface area contributed by atoms with Gasteiger partial charge in [0.1, 0.15) is 17.1 Å². The van der Waals surface area contributed by atoms with Crippen LogP contribution in [0.25, 0.3) is 31.4 Å². The first kappa shape index (κ1) is 24.1. The van der Waals surface area contributed by atoms with Gasteiger partial charge in [0.15, 0.2) is 11.4 Å². The molecule has 35 heavy (non-hydrogen) atoms. The van der Waals surface area contributed by atoms with Gasteiger partial charge in [-0.3, -0.25) is 0 Å². The van der Waals surface area contributed by atoms with E-state index in [-0.39, 0.29) is 5.97 Å². The minimum Gasteiger partial charge on any atom is -0.497 e. The zero-order valence-electron chi connectivity index (χ0n) is 20.0. The van der Waals surface area contributed by atoms with Gasteiger partial charge in [-0.25, -0.2) is 9.64 Å². The highest BCUT2D eigenvalue weighted by Crippen LogP contribution is 2.49. The minimum atomic E-state index is -0.532. The van der Waals surface area contributed by atoms with Gasteiger partial charge in [0.25, 0.3) is 0 Å². The highest BCUT2D eigenvalue weighted by molar-refractivity contribution is 7.22. The molecule has 0 bridgehead atoms. The van der Waals surface area contributed by atoms with Crippen molar-refractivity contribution >= 4 is 39.2 Å². The maximum atomic E-state index is 11.9. The fourth-order valence-electron chi connectivity index (χ4n) is 3.49. The van der Waals surface area contributed by atoms with Crippen LogP contribution in [0.15, 0.2) is 72.8 Å². The number of para-hydroxylation sites is 1. The third-order valence-corrected chi connectivity index (χ3v) is 6.21. The van der Waals surface area contributed by atoms with Gasteiger partial charge in [-0.2, -0.15) is 0 Å². The number of hydrogen-bond acceptors (Lipinski definition) is 5. The molecule has 0 aliphatic carbocycles. The van der Waals surface area contributed by atoms with E-state index in [1.807, 2.05) is 87.5 Å². The van der Waals surface area contributed by atoms with E-state index in [0.717, 1.165) is 31.8 Å². The number of hydrogen-bond donors (Lipinski definition) is 0. The number of esters is 1. The van der Waals surface area contributed by atoms with Crippen molar-refractivity contribution in [2.24, 2.45) is 0 Å². The van der Waals surface area contributed by atoms with Crippen LogP contribution in [0.3, 0.4) is 0 Å².